The quantitative estimate of drug-likeness (QED) is 0.510. The highest BCUT2D eigenvalue weighted by Crippen LogP contribution is 2.33. The van der Waals surface area contributed by atoms with Crippen LogP contribution >= 0.6 is 12.2 Å². The molecule has 1 heterocycles. The smallest absolute Gasteiger partial charge is 0.270 e. The van der Waals surface area contributed by atoms with Gasteiger partial charge in [-0.05, 0) is 36.5 Å². The van der Waals surface area contributed by atoms with Crippen molar-refractivity contribution in [2.24, 2.45) is 0 Å². The maximum absolute atomic E-state index is 12.9. The molecule has 2 aromatic carbocycles. The Bertz CT molecular complexity index is 909. The van der Waals surface area contributed by atoms with E-state index in [1.165, 1.54) is 25.2 Å². The molecule has 0 spiro atoms. The Kier molecular flexibility index (Phi) is 4.99. The maximum Gasteiger partial charge on any atom is 0.270 e. The summed E-state index contributed by atoms with van der Waals surface area (Å²) in [6, 6.07) is 14.1. The van der Waals surface area contributed by atoms with Crippen LogP contribution in [0.1, 0.15) is 5.56 Å². The van der Waals surface area contributed by atoms with Crippen molar-refractivity contribution in [1.82, 2.24) is 5.32 Å². The number of carbonyl (C=O) groups excluding carboxylic acids is 2. The number of anilines is 1. The first-order chi connectivity index (χ1) is 12.6. The van der Waals surface area contributed by atoms with E-state index >= 15 is 0 Å². The lowest BCUT2D eigenvalue weighted by Crippen LogP contribution is -2.54. The van der Waals surface area contributed by atoms with Crippen molar-refractivity contribution < 1.29 is 19.1 Å². The molecular weight excluding hydrogens is 352 g/mol. The number of benzene rings is 2. The molecule has 0 radical (unpaired) electrons. The summed E-state index contributed by atoms with van der Waals surface area (Å²) < 4.78 is 10.6. The van der Waals surface area contributed by atoms with E-state index in [9.17, 15) is 9.59 Å². The van der Waals surface area contributed by atoms with Gasteiger partial charge in [-0.3, -0.25) is 19.8 Å². The molecule has 0 saturated carbocycles. The van der Waals surface area contributed by atoms with Gasteiger partial charge in [-0.15, -0.1) is 0 Å². The molecule has 6 nitrogen and oxygen atoms in total. The Hall–Kier alpha value is -3.19. The van der Waals surface area contributed by atoms with Crippen molar-refractivity contribution in [2.75, 3.05) is 19.1 Å². The summed E-state index contributed by atoms with van der Waals surface area (Å²) in [6.07, 6.45) is 1.47. The van der Waals surface area contributed by atoms with E-state index in [0.717, 1.165) is 0 Å². The number of thiocarbonyl (C=S) groups is 1. The van der Waals surface area contributed by atoms with Crippen LogP contribution in [0.5, 0.6) is 11.5 Å². The van der Waals surface area contributed by atoms with E-state index in [0.29, 0.717) is 22.7 Å². The van der Waals surface area contributed by atoms with Crippen molar-refractivity contribution in [1.29, 1.82) is 0 Å². The van der Waals surface area contributed by atoms with E-state index in [1.807, 2.05) is 6.07 Å². The largest absolute Gasteiger partial charge is 0.493 e. The average molecular weight is 368 g/mol. The van der Waals surface area contributed by atoms with Crippen molar-refractivity contribution in [3.8, 4) is 11.5 Å². The molecule has 1 aliphatic rings. The van der Waals surface area contributed by atoms with Crippen LogP contribution in [-0.4, -0.2) is 31.1 Å². The lowest BCUT2D eigenvalue weighted by molar-refractivity contribution is -0.122. The number of methoxy groups -OCH3 is 2. The second kappa shape index (κ2) is 7.37. The van der Waals surface area contributed by atoms with Gasteiger partial charge in [0.05, 0.1) is 19.9 Å². The minimum Gasteiger partial charge on any atom is -0.493 e. The summed E-state index contributed by atoms with van der Waals surface area (Å²) in [5, 5.41) is 2.59. The van der Waals surface area contributed by atoms with Crippen molar-refractivity contribution >= 4 is 40.9 Å². The minimum atomic E-state index is -0.558. The Labute approximate surface area is 156 Å². The van der Waals surface area contributed by atoms with Crippen molar-refractivity contribution in [3.05, 3.63) is 59.7 Å². The summed E-state index contributed by atoms with van der Waals surface area (Å²) in [6.45, 7) is 0. The zero-order valence-corrected chi connectivity index (χ0v) is 15.0. The maximum atomic E-state index is 12.9. The summed E-state index contributed by atoms with van der Waals surface area (Å²) in [4.78, 5) is 26.6. The van der Waals surface area contributed by atoms with E-state index in [4.69, 9.17) is 21.7 Å². The molecule has 132 valence electrons. The molecule has 2 amide bonds. The van der Waals surface area contributed by atoms with Gasteiger partial charge in [0, 0.05) is 5.56 Å². The first-order valence-corrected chi connectivity index (χ1v) is 8.15. The SMILES string of the molecule is COc1cccc(C=C2C(=O)NC(=S)N(c3ccccc3)C2=O)c1OC. The molecule has 7 heteroatoms. The fourth-order valence-corrected chi connectivity index (χ4v) is 2.93. The third kappa shape index (κ3) is 3.16. The predicted molar refractivity (Wildman–Crippen MR) is 102 cm³/mol. The molecule has 0 bridgehead atoms. The number of carbonyl (C=O) groups is 2. The number of amides is 2. The normalized spacial score (nSPS) is 15.8. The Morgan fingerprint density at radius 3 is 2.38 bits per heavy atom. The highest BCUT2D eigenvalue weighted by atomic mass is 32.1. The van der Waals surface area contributed by atoms with Gasteiger partial charge in [0.1, 0.15) is 5.57 Å². The van der Waals surface area contributed by atoms with E-state index in [-0.39, 0.29) is 10.7 Å². The molecule has 3 rings (SSSR count). The van der Waals surface area contributed by atoms with Crippen LogP contribution in [0.4, 0.5) is 5.69 Å². The topological polar surface area (TPSA) is 67.9 Å². The second-order valence-electron chi connectivity index (χ2n) is 5.38. The van der Waals surface area contributed by atoms with Crippen molar-refractivity contribution in [2.45, 2.75) is 0 Å². The Morgan fingerprint density at radius 1 is 1.00 bits per heavy atom. The fourth-order valence-electron chi connectivity index (χ4n) is 2.65. The van der Waals surface area contributed by atoms with Gasteiger partial charge < -0.3 is 9.47 Å². The van der Waals surface area contributed by atoms with Gasteiger partial charge in [-0.25, -0.2) is 0 Å². The minimum absolute atomic E-state index is 0.0426. The lowest BCUT2D eigenvalue weighted by atomic mass is 10.1. The number of hydrogen-bond donors (Lipinski definition) is 1. The summed E-state index contributed by atoms with van der Waals surface area (Å²) in [5.74, 6) is -0.129. The van der Waals surface area contributed by atoms with Crippen LogP contribution in [0.25, 0.3) is 6.08 Å². The molecule has 2 aromatic rings. The number of nitrogens with zero attached hydrogens (tertiary/aromatic N) is 1. The first kappa shape index (κ1) is 17.6. The number of nitrogens with one attached hydrogen (secondary N) is 1. The first-order valence-electron chi connectivity index (χ1n) is 7.74. The van der Waals surface area contributed by atoms with Crippen LogP contribution in [0.2, 0.25) is 0 Å². The highest BCUT2D eigenvalue weighted by molar-refractivity contribution is 7.80. The highest BCUT2D eigenvalue weighted by Gasteiger charge is 2.34. The van der Waals surface area contributed by atoms with Crippen LogP contribution in [0.15, 0.2) is 54.1 Å². The lowest BCUT2D eigenvalue weighted by Gasteiger charge is -2.29. The van der Waals surface area contributed by atoms with E-state index in [2.05, 4.69) is 5.32 Å². The standard InChI is InChI=1S/C19H16N2O4S/c1-24-15-10-6-7-12(16(15)25-2)11-14-17(22)20-19(26)21(18(14)23)13-8-4-3-5-9-13/h3-11H,1-2H3,(H,20,22,26). The molecule has 0 atom stereocenters. The Morgan fingerprint density at radius 2 is 1.73 bits per heavy atom. The third-order valence-corrected chi connectivity index (χ3v) is 4.13. The average Bonchev–Trinajstić information content (AvgIpc) is 2.65. The van der Waals surface area contributed by atoms with Crippen molar-refractivity contribution in [3.63, 3.8) is 0 Å². The monoisotopic (exact) mass is 368 g/mol. The van der Waals surface area contributed by atoms with E-state index < -0.39 is 11.8 Å². The number of hydrogen-bond acceptors (Lipinski definition) is 5. The molecule has 1 aliphatic heterocycles. The van der Waals surface area contributed by atoms with Gasteiger partial charge in [-0.2, -0.15) is 0 Å². The predicted octanol–water partition coefficient (Wildman–Crippen LogP) is 2.54. The number of ether oxygens (including phenoxy) is 2. The third-order valence-electron chi connectivity index (χ3n) is 3.85. The summed E-state index contributed by atoms with van der Waals surface area (Å²) in [7, 11) is 3.01. The zero-order chi connectivity index (χ0) is 18.7. The van der Waals surface area contributed by atoms with Gasteiger partial charge in [0.15, 0.2) is 16.6 Å². The van der Waals surface area contributed by atoms with Crippen LogP contribution < -0.4 is 19.7 Å². The molecule has 1 fully saturated rings. The number of rotatable bonds is 4. The van der Waals surface area contributed by atoms with Crippen LogP contribution in [0.3, 0.4) is 0 Å². The van der Waals surface area contributed by atoms with Gasteiger partial charge in [-0.1, -0.05) is 30.3 Å². The molecule has 0 aliphatic carbocycles. The molecule has 1 N–H and O–H groups in total. The summed E-state index contributed by atoms with van der Waals surface area (Å²) in [5.41, 5.74) is 1.08. The fraction of sp³-hybridized carbons (Fsp3) is 0.105. The van der Waals surface area contributed by atoms with Crippen LogP contribution in [-0.2, 0) is 9.59 Å². The molecule has 26 heavy (non-hydrogen) atoms. The van der Waals surface area contributed by atoms with E-state index in [1.54, 1.807) is 42.5 Å². The molecule has 1 saturated heterocycles. The zero-order valence-electron chi connectivity index (χ0n) is 14.2. The van der Waals surface area contributed by atoms with Gasteiger partial charge in [0.2, 0.25) is 0 Å². The molecular formula is C19H16N2O4S. The van der Waals surface area contributed by atoms with Gasteiger partial charge in [0.25, 0.3) is 11.8 Å². The second-order valence-corrected chi connectivity index (χ2v) is 5.76. The number of para-hydroxylation sites is 2. The van der Waals surface area contributed by atoms with Crippen LogP contribution in [0, 0.1) is 0 Å². The van der Waals surface area contributed by atoms with Gasteiger partial charge >= 0.3 is 0 Å². The summed E-state index contributed by atoms with van der Waals surface area (Å²) >= 11 is 5.17. The molecule has 0 aromatic heterocycles. The molecule has 0 unspecified atom stereocenters. The Balaban J connectivity index is 2.07.